The number of aliphatic carboxylic acids is 1. The summed E-state index contributed by atoms with van der Waals surface area (Å²) in [5.41, 5.74) is 1.75. The van der Waals surface area contributed by atoms with E-state index in [0.717, 1.165) is 24.1 Å². The van der Waals surface area contributed by atoms with Gasteiger partial charge >= 0.3 is 5.97 Å². The summed E-state index contributed by atoms with van der Waals surface area (Å²) >= 11 is 0. The van der Waals surface area contributed by atoms with Crippen molar-refractivity contribution in [3.8, 4) is 0 Å². The van der Waals surface area contributed by atoms with E-state index in [-0.39, 0.29) is 24.8 Å². The summed E-state index contributed by atoms with van der Waals surface area (Å²) < 4.78 is 5.38. The number of carboxylic acids is 1. The molecule has 1 aliphatic rings. The Bertz CT molecular complexity index is 509. The Morgan fingerprint density at radius 1 is 1.38 bits per heavy atom. The van der Waals surface area contributed by atoms with Crippen LogP contribution in [-0.4, -0.2) is 36.7 Å². The van der Waals surface area contributed by atoms with Crippen molar-refractivity contribution in [3.05, 3.63) is 29.8 Å². The molecular formula is C16H21NO4. The van der Waals surface area contributed by atoms with Crippen LogP contribution in [0.2, 0.25) is 0 Å². The molecule has 2 rings (SSSR count). The topological polar surface area (TPSA) is 66.8 Å². The lowest BCUT2D eigenvalue weighted by molar-refractivity contribution is -0.136. The first-order chi connectivity index (χ1) is 10.1. The minimum Gasteiger partial charge on any atom is -0.481 e. The molecule has 0 aliphatic carbocycles. The average molecular weight is 291 g/mol. The highest BCUT2D eigenvalue weighted by Crippen LogP contribution is 2.24. The summed E-state index contributed by atoms with van der Waals surface area (Å²) in [6.07, 6.45) is 1.61. The molecular weight excluding hydrogens is 270 g/mol. The highest BCUT2D eigenvalue weighted by molar-refractivity contribution is 5.96. The standard InChI is InChI=1S/C16H21NO4/c1-12-5-2-3-7-14(12)17(9-8-15(18)19)16(20)13-6-4-10-21-11-13/h2-3,5,7,13H,4,6,8-11H2,1H3,(H,18,19). The molecule has 1 saturated heterocycles. The predicted octanol–water partition coefficient (Wildman–Crippen LogP) is 2.23. The average Bonchev–Trinajstić information content (AvgIpc) is 2.49. The molecule has 0 aromatic heterocycles. The molecule has 1 aromatic rings. The number of amides is 1. The second-order valence-corrected chi connectivity index (χ2v) is 5.33. The number of ether oxygens (including phenoxy) is 1. The number of anilines is 1. The minimum absolute atomic E-state index is 0.0368. The fraction of sp³-hybridized carbons (Fsp3) is 0.500. The van der Waals surface area contributed by atoms with Crippen LogP contribution in [0.25, 0.3) is 0 Å². The van der Waals surface area contributed by atoms with Gasteiger partial charge in [0.2, 0.25) is 5.91 Å². The minimum atomic E-state index is -0.902. The number of carboxylic acid groups (broad SMARTS) is 1. The normalized spacial score (nSPS) is 18.2. The number of carbonyl (C=O) groups excluding carboxylic acids is 1. The molecule has 1 N–H and O–H groups in total. The van der Waals surface area contributed by atoms with E-state index in [9.17, 15) is 9.59 Å². The molecule has 0 saturated carbocycles. The predicted molar refractivity (Wildman–Crippen MR) is 79.3 cm³/mol. The van der Waals surface area contributed by atoms with E-state index in [1.165, 1.54) is 0 Å². The van der Waals surface area contributed by atoms with Crippen LogP contribution in [0.15, 0.2) is 24.3 Å². The van der Waals surface area contributed by atoms with Crippen LogP contribution >= 0.6 is 0 Å². The summed E-state index contributed by atoms with van der Waals surface area (Å²) in [5, 5.41) is 8.91. The summed E-state index contributed by atoms with van der Waals surface area (Å²) in [4.78, 5) is 25.2. The van der Waals surface area contributed by atoms with Gasteiger partial charge in [0.1, 0.15) is 0 Å². The molecule has 1 aromatic carbocycles. The Hall–Kier alpha value is -1.88. The van der Waals surface area contributed by atoms with Crippen molar-refractivity contribution in [3.63, 3.8) is 0 Å². The highest BCUT2D eigenvalue weighted by Gasteiger charge is 2.28. The molecule has 0 spiro atoms. The van der Waals surface area contributed by atoms with Gasteiger partial charge in [0.15, 0.2) is 0 Å². The van der Waals surface area contributed by atoms with Crippen LogP contribution in [-0.2, 0) is 14.3 Å². The molecule has 1 fully saturated rings. The molecule has 0 radical (unpaired) electrons. The van der Waals surface area contributed by atoms with Crippen LogP contribution in [0.3, 0.4) is 0 Å². The molecule has 1 aliphatic heterocycles. The third kappa shape index (κ3) is 4.04. The van der Waals surface area contributed by atoms with Crippen molar-refractivity contribution < 1.29 is 19.4 Å². The van der Waals surface area contributed by atoms with Crippen LogP contribution in [0.4, 0.5) is 5.69 Å². The number of aryl methyl sites for hydroxylation is 1. The maximum atomic E-state index is 12.7. The Labute approximate surface area is 124 Å². The lowest BCUT2D eigenvalue weighted by Gasteiger charge is -2.30. The molecule has 1 atom stereocenters. The van der Waals surface area contributed by atoms with E-state index in [1.54, 1.807) is 4.90 Å². The van der Waals surface area contributed by atoms with Crippen LogP contribution < -0.4 is 4.90 Å². The maximum Gasteiger partial charge on any atom is 0.305 e. The quantitative estimate of drug-likeness (QED) is 0.903. The fourth-order valence-corrected chi connectivity index (χ4v) is 2.58. The number of hydrogen-bond donors (Lipinski definition) is 1. The largest absolute Gasteiger partial charge is 0.481 e. The zero-order chi connectivity index (χ0) is 15.2. The number of hydrogen-bond acceptors (Lipinski definition) is 3. The van der Waals surface area contributed by atoms with Gasteiger partial charge < -0.3 is 14.7 Å². The van der Waals surface area contributed by atoms with E-state index >= 15 is 0 Å². The van der Waals surface area contributed by atoms with Gasteiger partial charge in [0.05, 0.1) is 18.9 Å². The number of benzene rings is 1. The van der Waals surface area contributed by atoms with Crippen molar-refractivity contribution in [2.45, 2.75) is 26.2 Å². The molecule has 1 unspecified atom stereocenters. The number of nitrogens with zero attached hydrogens (tertiary/aromatic N) is 1. The number of rotatable bonds is 5. The SMILES string of the molecule is Cc1ccccc1N(CCC(=O)O)C(=O)C1CCCOC1. The Morgan fingerprint density at radius 3 is 2.76 bits per heavy atom. The summed E-state index contributed by atoms with van der Waals surface area (Å²) in [6.45, 7) is 3.24. The molecule has 5 heteroatoms. The highest BCUT2D eigenvalue weighted by atomic mass is 16.5. The Kier molecular flexibility index (Phi) is 5.33. The zero-order valence-corrected chi connectivity index (χ0v) is 12.2. The first kappa shape index (κ1) is 15.5. The van der Waals surface area contributed by atoms with E-state index in [0.29, 0.717) is 13.2 Å². The lowest BCUT2D eigenvalue weighted by atomic mass is 9.99. The summed E-state index contributed by atoms with van der Waals surface area (Å²) in [6, 6.07) is 7.55. The maximum absolute atomic E-state index is 12.7. The first-order valence-corrected chi connectivity index (χ1v) is 7.26. The first-order valence-electron chi connectivity index (χ1n) is 7.26. The third-order valence-corrected chi connectivity index (χ3v) is 3.73. The zero-order valence-electron chi connectivity index (χ0n) is 12.2. The lowest BCUT2D eigenvalue weighted by Crippen LogP contribution is -2.41. The molecule has 5 nitrogen and oxygen atoms in total. The van der Waals surface area contributed by atoms with Crippen LogP contribution in [0.5, 0.6) is 0 Å². The van der Waals surface area contributed by atoms with Crippen molar-refractivity contribution in [2.75, 3.05) is 24.7 Å². The summed E-state index contributed by atoms with van der Waals surface area (Å²) in [7, 11) is 0. The Balaban J connectivity index is 2.20. The molecule has 1 amide bonds. The van der Waals surface area contributed by atoms with E-state index < -0.39 is 5.97 Å². The van der Waals surface area contributed by atoms with E-state index in [1.807, 2.05) is 31.2 Å². The molecule has 21 heavy (non-hydrogen) atoms. The van der Waals surface area contributed by atoms with Crippen molar-refractivity contribution in [1.82, 2.24) is 0 Å². The number of para-hydroxylation sites is 1. The van der Waals surface area contributed by atoms with Crippen LogP contribution in [0, 0.1) is 12.8 Å². The molecule has 1 heterocycles. The fourth-order valence-electron chi connectivity index (χ4n) is 2.58. The van der Waals surface area contributed by atoms with Gasteiger partial charge in [-0.05, 0) is 31.4 Å². The van der Waals surface area contributed by atoms with Crippen molar-refractivity contribution >= 4 is 17.6 Å². The van der Waals surface area contributed by atoms with Crippen molar-refractivity contribution in [2.24, 2.45) is 5.92 Å². The van der Waals surface area contributed by atoms with Gasteiger partial charge in [-0.1, -0.05) is 18.2 Å². The third-order valence-electron chi connectivity index (χ3n) is 3.73. The van der Waals surface area contributed by atoms with Crippen LogP contribution in [0.1, 0.15) is 24.8 Å². The molecule has 114 valence electrons. The van der Waals surface area contributed by atoms with Gasteiger partial charge in [0, 0.05) is 18.8 Å². The van der Waals surface area contributed by atoms with E-state index in [2.05, 4.69) is 0 Å². The second-order valence-electron chi connectivity index (χ2n) is 5.33. The molecule has 0 bridgehead atoms. The Morgan fingerprint density at radius 2 is 2.14 bits per heavy atom. The van der Waals surface area contributed by atoms with Gasteiger partial charge in [-0.2, -0.15) is 0 Å². The smallest absolute Gasteiger partial charge is 0.305 e. The van der Waals surface area contributed by atoms with E-state index in [4.69, 9.17) is 9.84 Å². The number of carbonyl (C=O) groups is 2. The van der Waals surface area contributed by atoms with Gasteiger partial charge in [-0.25, -0.2) is 0 Å². The second kappa shape index (κ2) is 7.22. The van der Waals surface area contributed by atoms with Crippen molar-refractivity contribution in [1.29, 1.82) is 0 Å². The monoisotopic (exact) mass is 291 g/mol. The summed E-state index contributed by atoms with van der Waals surface area (Å²) in [5.74, 6) is -1.11. The van der Waals surface area contributed by atoms with Gasteiger partial charge in [-0.15, -0.1) is 0 Å². The van der Waals surface area contributed by atoms with Gasteiger partial charge in [-0.3, -0.25) is 9.59 Å². The van der Waals surface area contributed by atoms with Gasteiger partial charge in [0.25, 0.3) is 0 Å².